The van der Waals surface area contributed by atoms with E-state index in [0.29, 0.717) is 19.3 Å². The van der Waals surface area contributed by atoms with E-state index in [-0.39, 0.29) is 0 Å². The summed E-state index contributed by atoms with van der Waals surface area (Å²) in [6.07, 6.45) is 3.76. The van der Waals surface area contributed by atoms with Gasteiger partial charge in [0.15, 0.2) is 0 Å². The molecule has 1 aliphatic carbocycles. The number of sulfonamides is 1. The third kappa shape index (κ3) is 3.93. The largest absolute Gasteiger partial charge is 0.443 e. The van der Waals surface area contributed by atoms with Crippen LogP contribution in [-0.2, 0) is 21.2 Å². The van der Waals surface area contributed by atoms with Gasteiger partial charge in [-0.1, -0.05) is 0 Å². The van der Waals surface area contributed by atoms with Crippen LogP contribution in [0.4, 0.5) is 4.79 Å². The van der Waals surface area contributed by atoms with E-state index >= 15 is 0 Å². The molecule has 0 aromatic carbocycles. The van der Waals surface area contributed by atoms with Crippen LogP contribution in [0.2, 0.25) is 0 Å². The highest BCUT2D eigenvalue weighted by Gasteiger charge is 2.55. The first-order valence-electron chi connectivity index (χ1n) is 6.78. The van der Waals surface area contributed by atoms with E-state index in [4.69, 9.17) is 4.74 Å². The summed E-state index contributed by atoms with van der Waals surface area (Å²) in [5.41, 5.74) is 0.151. The first-order chi connectivity index (χ1) is 9.64. The highest BCUT2D eigenvalue weighted by atomic mass is 32.2. The lowest BCUT2D eigenvalue weighted by atomic mass is 10.1. The van der Waals surface area contributed by atoms with Crippen molar-refractivity contribution in [1.29, 1.82) is 0 Å². The van der Waals surface area contributed by atoms with Crippen LogP contribution >= 0.6 is 0 Å². The van der Waals surface area contributed by atoms with Gasteiger partial charge < -0.3 is 4.74 Å². The average Bonchev–Trinajstić information content (AvgIpc) is 3.08. The summed E-state index contributed by atoms with van der Waals surface area (Å²) in [6, 6.07) is 3.56. The van der Waals surface area contributed by atoms with E-state index in [9.17, 15) is 13.2 Å². The molecule has 0 aliphatic heterocycles. The minimum absolute atomic E-state index is 0.369. The molecule has 1 saturated carbocycles. The van der Waals surface area contributed by atoms with Crippen molar-refractivity contribution in [3.05, 3.63) is 30.1 Å². The number of pyridine rings is 1. The van der Waals surface area contributed by atoms with Gasteiger partial charge >= 0.3 is 6.09 Å². The van der Waals surface area contributed by atoms with Crippen LogP contribution in [0, 0.1) is 0 Å². The molecule has 0 saturated heterocycles. The Labute approximate surface area is 125 Å². The van der Waals surface area contributed by atoms with E-state index < -0.39 is 26.5 Å². The number of hydrogen-bond acceptors (Lipinski definition) is 5. The van der Waals surface area contributed by atoms with Gasteiger partial charge in [-0.3, -0.25) is 4.98 Å². The molecule has 0 atom stereocenters. The van der Waals surface area contributed by atoms with Gasteiger partial charge in [0.05, 0.1) is 4.75 Å². The molecule has 21 heavy (non-hydrogen) atoms. The van der Waals surface area contributed by atoms with E-state index in [1.807, 2.05) is 4.72 Å². The smallest absolute Gasteiger partial charge is 0.421 e. The zero-order chi connectivity index (χ0) is 15.7. The number of ether oxygens (including phenoxy) is 1. The van der Waals surface area contributed by atoms with Gasteiger partial charge in [-0.25, -0.2) is 17.9 Å². The maximum absolute atomic E-state index is 12.4. The molecule has 1 amide bonds. The standard InChI is InChI=1S/C14H20N2O4S/c1-13(2,3)20-12(17)16-21(18,19)14(6-7-14)10-11-4-8-15-9-5-11/h4-5,8-9H,6-7,10H2,1-3H3,(H,16,17). The van der Waals surface area contributed by atoms with Crippen molar-refractivity contribution in [1.82, 2.24) is 9.71 Å². The SMILES string of the molecule is CC(C)(C)OC(=O)NS(=O)(=O)C1(Cc2ccncc2)CC1. The Morgan fingerprint density at radius 1 is 1.33 bits per heavy atom. The van der Waals surface area contributed by atoms with Gasteiger partial charge in [0.1, 0.15) is 5.60 Å². The summed E-state index contributed by atoms with van der Waals surface area (Å²) in [4.78, 5) is 15.6. The van der Waals surface area contributed by atoms with Crippen LogP contribution in [0.5, 0.6) is 0 Å². The zero-order valence-electron chi connectivity index (χ0n) is 12.4. The molecule has 1 aliphatic rings. The molecule has 1 heterocycles. The Morgan fingerprint density at radius 3 is 2.38 bits per heavy atom. The topological polar surface area (TPSA) is 85.4 Å². The van der Waals surface area contributed by atoms with Crippen LogP contribution < -0.4 is 4.72 Å². The predicted octanol–water partition coefficient (Wildman–Crippen LogP) is 2.01. The molecule has 1 aromatic rings. The van der Waals surface area contributed by atoms with Gasteiger partial charge in [-0.15, -0.1) is 0 Å². The van der Waals surface area contributed by atoms with Crippen LogP contribution in [-0.4, -0.2) is 29.8 Å². The molecular weight excluding hydrogens is 292 g/mol. The monoisotopic (exact) mass is 312 g/mol. The number of amides is 1. The molecule has 1 aromatic heterocycles. The number of hydrogen-bond donors (Lipinski definition) is 1. The number of carbonyl (C=O) groups excluding carboxylic acids is 1. The average molecular weight is 312 g/mol. The number of aromatic nitrogens is 1. The van der Waals surface area contributed by atoms with Gasteiger partial charge in [-0.05, 0) is 57.7 Å². The summed E-state index contributed by atoms with van der Waals surface area (Å²) in [6.45, 7) is 5.05. The van der Waals surface area contributed by atoms with Crippen LogP contribution in [0.1, 0.15) is 39.2 Å². The van der Waals surface area contributed by atoms with Crippen LogP contribution in [0.25, 0.3) is 0 Å². The molecule has 0 bridgehead atoms. The number of carbonyl (C=O) groups is 1. The summed E-state index contributed by atoms with van der Waals surface area (Å²) in [5, 5.41) is 0. The summed E-state index contributed by atoms with van der Waals surface area (Å²) in [5.74, 6) is 0. The minimum Gasteiger partial charge on any atom is -0.443 e. The van der Waals surface area contributed by atoms with Crippen LogP contribution in [0.3, 0.4) is 0 Å². The number of rotatable bonds is 4. The van der Waals surface area contributed by atoms with E-state index in [1.54, 1.807) is 45.3 Å². The lowest BCUT2D eigenvalue weighted by Crippen LogP contribution is -2.43. The molecular formula is C14H20N2O4S. The Hall–Kier alpha value is -1.63. The summed E-state index contributed by atoms with van der Waals surface area (Å²) < 4.78 is 30.9. The maximum Gasteiger partial charge on any atom is 0.421 e. The zero-order valence-corrected chi connectivity index (χ0v) is 13.2. The lowest BCUT2D eigenvalue weighted by Gasteiger charge is -2.22. The second-order valence-corrected chi connectivity index (χ2v) is 8.40. The van der Waals surface area contributed by atoms with Crippen molar-refractivity contribution in [3.8, 4) is 0 Å². The van der Waals surface area contributed by atoms with E-state index in [1.165, 1.54) is 0 Å². The Balaban J connectivity index is 2.07. The second kappa shape index (κ2) is 5.29. The lowest BCUT2D eigenvalue weighted by molar-refractivity contribution is 0.0569. The van der Waals surface area contributed by atoms with Gasteiger partial charge in [0.25, 0.3) is 0 Å². The highest BCUT2D eigenvalue weighted by Crippen LogP contribution is 2.45. The fourth-order valence-corrected chi connectivity index (χ4v) is 3.54. The van der Waals surface area contributed by atoms with Gasteiger partial charge in [0.2, 0.25) is 10.0 Å². The predicted molar refractivity (Wildman–Crippen MR) is 78.2 cm³/mol. The number of nitrogens with zero attached hydrogens (tertiary/aromatic N) is 1. The third-order valence-electron chi connectivity index (χ3n) is 3.27. The molecule has 0 radical (unpaired) electrons. The fraction of sp³-hybridized carbons (Fsp3) is 0.571. The molecule has 2 rings (SSSR count). The van der Waals surface area contributed by atoms with Gasteiger partial charge in [-0.2, -0.15) is 0 Å². The second-order valence-electron chi connectivity index (χ2n) is 6.32. The van der Waals surface area contributed by atoms with Crippen molar-refractivity contribution < 1.29 is 17.9 Å². The van der Waals surface area contributed by atoms with Crippen molar-refractivity contribution in [3.63, 3.8) is 0 Å². The molecule has 0 unspecified atom stereocenters. The first kappa shape index (κ1) is 15.8. The van der Waals surface area contributed by atoms with Crippen molar-refractivity contribution in [2.24, 2.45) is 0 Å². The summed E-state index contributed by atoms with van der Waals surface area (Å²) in [7, 11) is -3.76. The Morgan fingerprint density at radius 2 is 1.90 bits per heavy atom. The first-order valence-corrected chi connectivity index (χ1v) is 8.26. The fourth-order valence-electron chi connectivity index (χ4n) is 2.07. The summed E-state index contributed by atoms with van der Waals surface area (Å²) >= 11 is 0. The maximum atomic E-state index is 12.4. The molecule has 1 fully saturated rings. The normalized spacial score (nSPS) is 17.1. The van der Waals surface area contributed by atoms with E-state index in [2.05, 4.69) is 4.98 Å². The molecule has 116 valence electrons. The molecule has 6 nitrogen and oxygen atoms in total. The highest BCUT2D eigenvalue weighted by molar-refractivity contribution is 7.91. The molecule has 7 heteroatoms. The van der Waals surface area contributed by atoms with Crippen LogP contribution in [0.15, 0.2) is 24.5 Å². The quantitative estimate of drug-likeness (QED) is 0.919. The van der Waals surface area contributed by atoms with E-state index in [0.717, 1.165) is 5.56 Å². The van der Waals surface area contributed by atoms with Crippen molar-refractivity contribution in [2.45, 2.75) is 50.4 Å². The van der Waals surface area contributed by atoms with Crippen molar-refractivity contribution >= 4 is 16.1 Å². The Kier molecular flexibility index (Phi) is 3.97. The van der Waals surface area contributed by atoms with Gasteiger partial charge in [0, 0.05) is 12.4 Å². The minimum atomic E-state index is -3.76. The Bertz CT molecular complexity index is 616. The third-order valence-corrected chi connectivity index (χ3v) is 5.40. The van der Waals surface area contributed by atoms with Crippen molar-refractivity contribution in [2.75, 3.05) is 0 Å². The molecule has 1 N–H and O–H groups in total. The molecule has 0 spiro atoms. The number of nitrogens with one attached hydrogen (secondary N) is 1.